The van der Waals surface area contributed by atoms with Crippen LogP contribution in [0.15, 0.2) is 59.0 Å². The fraction of sp³-hybridized carbons (Fsp3) is 0.346. The number of rotatable bonds is 8. The quantitative estimate of drug-likeness (QED) is 0.260. The van der Waals surface area contributed by atoms with Crippen LogP contribution in [0.1, 0.15) is 38.7 Å². The van der Waals surface area contributed by atoms with E-state index >= 15 is 0 Å². The second-order valence-electron chi connectivity index (χ2n) is 7.74. The Morgan fingerprint density at radius 2 is 2.06 bits per heavy atom. The molecule has 0 aromatic heterocycles. The molecule has 1 amide bonds. The Balaban J connectivity index is 0.000000251. The molecule has 0 fully saturated rings. The lowest BCUT2D eigenvalue weighted by Crippen LogP contribution is -2.42. The Kier molecular flexibility index (Phi) is 11.8. The molecule has 188 valence electrons. The zero-order valence-electron chi connectivity index (χ0n) is 20.5. The number of carbonyl (C=O) groups is 1. The number of aliphatic imine (C=N–C) groups is 2. The van der Waals surface area contributed by atoms with Gasteiger partial charge < -0.3 is 15.4 Å². The van der Waals surface area contributed by atoms with E-state index in [1.165, 1.54) is 24.3 Å². The Morgan fingerprint density at radius 1 is 1.31 bits per heavy atom. The third-order valence-corrected chi connectivity index (χ3v) is 5.39. The molecule has 9 heteroatoms. The number of benzene rings is 2. The summed E-state index contributed by atoms with van der Waals surface area (Å²) in [5.74, 6) is 1.17. The number of amidine groups is 1. The van der Waals surface area contributed by atoms with Crippen LogP contribution in [0.25, 0.3) is 6.08 Å². The van der Waals surface area contributed by atoms with Gasteiger partial charge in [0.05, 0.1) is 25.0 Å². The standard InChI is InChI=1S/C14H18FN3O.C12H16N2OS/c1-10(17-13-4-2-3-9-16-13)14(19)18-12-7-5-11(15)6-8-12;1-4-10-6-7-11(12(8-10)15-3)14(16)9-13-5-2/h5-8,10H,2-4,9H2,1H3,(H,16,17)(H,18,19);4,6-9,16H,1,5H2,2-3H3. The highest BCUT2D eigenvalue weighted by molar-refractivity contribution is 7.82. The highest BCUT2D eigenvalue weighted by Gasteiger charge is 2.15. The van der Waals surface area contributed by atoms with Crippen LogP contribution >= 0.6 is 12.8 Å². The van der Waals surface area contributed by atoms with E-state index in [9.17, 15) is 9.18 Å². The lowest BCUT2D eigenvalue weighted by Gasteiger charge is -2.19. The zero-order valence-corrected chi connectivity index (χ0v) is 21.4. The van der Waals surface area contributed by atoms with E-state index in [0.29, 0.717) is 5.69 Å². The predicted molar refractivity (Wildman–Crippen MR) is 147 cm³/mol. The zero-order chi connectivity index (χ0) is 25.6. The molecule has 1 unspecified atom stereocenters. The Morgan fingerprint density at radius 3 is 2.66 bits per heavy atom. The summed E-state index contributed by atoms with van der Waals surface area (Å²) >= 11 is 4.32. The number of carbonyl (C=O) groups excluding carboxylic acids is 1. The van der Waals surface area contributed by atoms with Gasteiger partial charge in [-0.25, -0.2) is 4.39 Å². The van der Waals surface area contributed by atoms with E-state index in [-0.39, 0.29) is 17.8 Å². The number of hydrogen-bond donors (Lipinski definition) is 3. The topological polar surface area (TPSA) is 78.3 Å². The van der Waals surface area contributed by atoms with Gasteiger partial charge in [-0.3, -0.25) is 19.1 Å². The fourth-order valence-corrected chi connectivity index (χ4v) is 3.38. The third-order valence-electron chi connectivity index (χ3n) is 5.07. The lowest BCUT2D eigenvalue weighted by atomic mass is 10.1. The normalized spacial score (nSPS) is 13.7. The number of methoxy groups -OCH3 is 1. The minimum Gasteiger partial charge on any atom is -0.495 e. The van der Waals surface area contributed by atoms with Crippen molar-refractivity contribution in [3.8, 4) is 5.75 Å². The monoisotopic (exact) mass is 499 g/mol. The van der Waals surface area contributed by atoms with E-state index in [0.717, 1.165) is 55.2 Å². The number of nitrogens with zero attached hydrogens (tertiary/aromatic N) is 3. The average Bonchev–Trinajstić information content (AvgIpc) is 2.89. The summed E-state index contributed by atoms with van der Waals surface area (Å²) in [5, 5.41) is 5.85. The van der Waals surface area contributed by atoms with Crippen LogP contribution in [0.2, 0.25) is 0 Å². The van der Waals surface area contributed by atoms with Gasteiger partial charge in [-0.2, -0.15) is 0 Å². The van der Waals surface area contributed by atoms with Gasteiger partial charge in [-0.05, 0) is 68.7 Å². The van der Waals surface area contributed by atoms with Crippen LogP contribution < -0.4 is 19.7 Å². The summed E-state index contributed by atoms with van der Waals surface area (Å²) in [6.07, 6.45) is 6.55. The highest BCUT2D eigenvalue weighted by Crippen LogP contribution is 2.30. The number of thiol groups is 1. The second kappa shape index (κ2) is 14.8. The molecule has 1 aliphatic rings. The van der Waals surface area contributed by atoms with Crippen molar-refractivity contribution in [1.29, 1.82) is 0 Å². The first-order valence-corrected chi connectivity index (χ1v) is 11.9. The van der Waals surface area contributed by atoms with Crippen molar-refractivity contribution in [2.24, 2.45) is 9.98 Å². The Bertz CT molecular complexity index is 1030. The molecule has 2 aromatic rings. The molecule has 1 atom stereocenters. The number of ether oxygens (including phenoxy) is 1. The molecular weight excluding hydrogens is 465 g/mol. The number of nitrogens with one attached hydrogen (secondary N) is 2. The molecule has 0 saturated heterocycles. The largest absolute Gasteiger partial charge is 0.495 e. The number of hydrogen-bond acceptors (Lipinski definition) is 6. The van der Waals surface area contributed by atoms with Crippen molar-refractivity contribution in [3.05, 3.63) is 60.4 Å². The smallest absolute Gasteiger partial charge is 0.246 e. The lowest BCUT2D eigenvalue weighted by molar-refractivity contribution is -0.117. The van der Waals surface area contributed by atoms with Crippen molar-refractivity contribution in [2.75, 3.05) is 29.8 Å². The number of amides is 1. The second-order valence-corrected chi connectivity index (χ2v) is 8.17. The summed E-state index contributed by atoms with van der Waals surface area (Å²) in [5.41, 5.74) is 2.45. The minimum absolute atomic E-state index is 0.153. The average molecular weight is 500 g/mol. The van der Waals surface area contributed by atoms with Gasteiger partial charge in [-0.15, -0.1) is 0 Å². The maximum Gasteiger partial charge on any atom is 0.246 e. The molecule has 35 heavy (non-hydrogen) atoms. The van der Waals surface area contributed by atoms with Gasteiger partial charge in [0.15, 0.2) is 0 Å². The SMILES string of the molecule is C=Cc1ccc(N(S)C=NCC)c(OC)c1.CC(NC1=NCCCC1)C(=O)Nc1ccc(F)cc1. The van der Waals surface area contributed by atoms with E-state index in [1.54, 1.807) is 30.8 Å². The molecule has 1 aliphatic heterocycles. The first kappa shape index (κ1) is 27.9. The van der Waals surface area contributed by atoms with E-state index in [2.05, 4.69) is 40.0 Å². The van der Waals surface area contributed by atoms with Crippen LogP contribution in [-0.2, 0) is 4.79 Å². The first-order chi connectivity index (χ1) is 16.9. The molecule has 0 bridgehead atoms. The van der Waals surface area contributed by atoms with E-state index in [1.807, 2.05) is 25.1 Å². The number of halogens is 1. The third kappa shape index (κ3) is 9.44. The van der Waals surface area contributed by atoms with Gasteiger partial charge in [0.1, 0.15) is 17.6 Å². The highest BCUT2D eigenvalue weighted by atomic mass is 32.1. The minimum atomic E-state index is -0.359. The maximum absolute atomic E-state index is 12.8. The molecule has 0 saturated carbocycles. The summed E-state index contributed by atoms with van der Waals surface area (Å²) in [7, 11) is 1.63. The molecule has 7 nitrogen and oxygen atoms in total. The summed E-state index contributed by atoms with van der Waals surface area (Å²) in [6, 6.07) is 11.1. The van der Waals surface area contributed by atoms with Crippen LogP contribution in [0.3, 0.4) is 0 Å². The Labute approximate surface area is 212 Å². The van der Waals surface area contributed by atoms with Crippen LogP contribution in [-0.4, -0.2) is 44.3 Å². The molecule has 0 radical (unpaired) electrons. The first-order valence-electron chi connectivity index (χ1n) is 11.5. The molecule has 0 spiro atoms. The van der Waals surface area contributed by atoms with Gasteiger partial charge in [0.2, 0.25) is 5.91 Å². The van der Waals surface area contributed by atoms with E-state index < -0.39 is 0 Å². The molecule has 3 rings (SSSR count). The van der Waals surface area contributed by atoms with Crippen molar-refractivity contribution >= 4 is 48.3 Å². The van der Waals surface area contributed by atoms with Crippen LogP contribution in [0.4, 0.5) is 15.8 Å². The van der Waals surface area contributed by atoms with Gasteiger partial charge in [0.25, 0.3) is 0 Å². The summed E-state index contributed by atoms with van der Waals surface area (Å²) in [6.45, 7) is 9.03. The summed E-state index contributed by atoms with van der Waals surface area (Å²) < 4.78 is 19.7. The van der Waals surface area contributed by atoms with Crippen molar-refractivity contribution in [2.45, 2.75) is 39.2 Å². The maximum atomic E-state index is 12.8. The van der Waals surface area contributed by atoms with Gasteiger partial charge in [0, 0.05) is 25.2 Å². The molecule has 1 heterocycles. The summed E-state index contributed by atoms with van der Waals surface area (Å²) in [4.78, 5) is 20.4. The molecule has 2 N–H and O–H groups in total. The molecule has 2 aromatic carbocycles. The predicted octanol–water partition coefficient (Wildman–Crippen LogP) is 5.36. The van der Waals surface area contributed by atoms with Crippen molar-refractivity contribution in [1.82, 2.24) is 5.32 Å². The Hall–Kier alpha value is -3.33. The van der Waals surface area contributed by atoms with Gasteiger partial charge >= 0.3 is 0 Å². The van der Waals surface area contributed by atoms with Crippen LogP contribution in [0, 0.1) is 5.82 Å². The van der Waals surface area contributed by atoms with E-state index in [4.69, 9.17) is 4.74 Å². The molecule has 0 aliphatic carbocycles. The molecular formula is C26H34FN5O2S. The van der Waals surface area contributed by atoms with Crippen molar-refractivity contribution in [3.63, 3.8) is 0 Å². The van der Waals surface area contributed by atoms with Gasteiger partial charge in [-0.1, -0.05) is 31.5 Å². The van der Waals surface area contributed by atoms with Crippen molar-refractivity contribution < 1.29 is 13.9 Å². The van der Waals surface area contributed by atoms with Crippen LogP contribution in [0.5, 0.6) is 5.75 Å². The number of anilines is 2. The fourth-order valence-electron chi connectivity index (χ4n) is 3.15.